The van der Waals surface area contributed by atoms with Gasteiger partial charge in [-0.25, -0.2) is 4.39 Å². The molecule has 1 saturated carbocycles. The van der Waals surface area contributed by atoms with Gasteiger partial charge in [-0.2, -0.15) is 0 Å². The SMILES string of the molecule is CC1CCC(S(=O)c2ccc(N)c(F)c2)CC1C. The molecule has 0 radical (unpaired) electrons. The first-order chi connectivity index (χ1) is 8.49. The molecule has 18 heavy (non-hydrogen) atoms. The lowest BCUT2D eigenvalue weighted by Crippen LogP contribution is -2.28. The summed E-state index contributed by atoms with van der Waals surface area (Å²) < 4.78 is 25.8. The van der Waals surface area contributed by atoms with E-state index in [0.717, 1.165) is 19.3 Å². The van der Waals surface area contributed by atoms with Crippen molar-refractivity contribution in [2.75, 3.05) is 5.73 Å². The van der Waals surface area contributed by atoms with Gasteiger partial charge in [0.2, 0.25) is 0 Å². The van der Waals surface area contributed by atoms with Crippen LogP contribution >= 0.6 is 0 Å². The first-order valence-corrected chi connectivity index (χ1v) is 7.66. The number of nitrogen functional groups attached to an aromatic ring is 1. The van der Waals surface area contributed by atoms with Crippen molar-refractivity contribution >= 4 is 16.5 Å². The summed E-state index contributed by atoms with van der Waals surface area (Å²) in [6.07, 6.45) is 3.03. The molecule has 0 spiro atoms. The molecular weight excluding hydrogens is 249 g/mol. The molecule has 2 N–H and O–H groups in total. The lowest BCUT2D eigenvalue weighted by molar-refractivity contribution is 0.281. The van der Waals surface area contributed by atoms with Gasteiger partial charge in [-0.1, -0.05) is 13.8 Å². The van der Waals surface area contributed by atoms with Gasteiger partial charge in [0, 0.05) is 10.1 Å². The highest BCUT2D eigenvalue weighted by atomic mass is 32.2. The zero-order valence-electron chi connectivity index (χ0n) is 10.9. The van der Waals surface area contributed by atoms with E-state index >= 15 is 0 Å². The molecule has 1 aliphatic rings. The van der Waals surface area contributed by atoms with Crippen LogP contribution in [0, 0.1) is 17.7 Å². The van der Waals surface area contributed by atoms with Gasteiger partial charge in [0.1, 0.15) is 5.82 Å². The van der Waals surface area contributed by atoms with E-state index in [0.29, 0.717) is 16.7 Å². The fourth-order valence-electron chi connectivity index (χ4n) is 2.52. The molecule has 100 valence electrons. The van der Waals surface area contributed by atoms with Crippen LogP contribution in [0.15, 0.2) is 23.1 Å². The zero-order valence-corrected chi connectivity index (χ0v) is 11.7. The molecule has 0 bridgehead atoms. The largest absolute Gasteiger partial charge is 0.396 e. The number of halogens is 1. The van der Waals surface area contributed by atoms with Crippen molar-refractivity contribution in [3.8, 4) is 0 Å². The van der Waals surface area contributed by atoms with Crippen LogP contribution in [0.25, 0.3) is 0 Å². The van der Waals surface area contributed by atoms with E-state index in [1.54, 1.807) is 6.07 Å². The Hall–Kier alpha value is -0.900. The molecule has 1 fully saturated rings. The predicted octanol–water partition coefficient (Wildman–Crippen LogP) is 3.34. The van der Waals surface area contributed by atoms with E-state index in [-0.39, 0.29) is 10.9 Å². The zero-order chi connectivity index (χ0) is 13.3. The average molecular weight is 269 g/mol. The van der Waals surface area contributed by atoms with Crippen LogP contribution in [0.4, 0.5) is 10.1 Å². The number of hydrogen-bond acceptors (Lipinski definition) is 2. The molecule has 0 amide bonds. The molecule has 4 heteroatoms. The third kappa shape index (κ3) is 2.74. The minimum atomic E-state index is -1.12. The topological polar surface area (TPSA) is 43.1 Å². The van der Waals surface area contributed by atoms with Gasteiger partial charge in [0.15, 0.2) is 0 Å². The predicted molar refractivity (Wildman–Crippen MR) is 73.2 cm³/mol. The van der Waals surface area contributed by atoms with Gasteiger partial charge >= 0.3 is 0 Å². The molecule has 0 aromatic heterocycles. The van der Waals surface area contributed by atoms with Gasteiger partial charge in [-0.05, 0) is 49.3 Å². The van der Waals surface area contributed by atoms with Crippen LogP contribution in [0.1, 0.15) is 33.1 Å². The molecule has 0 aliphatic heterocycles. The maximum atomic E-state index is 13.4. The molecule has 2 nitrogen and oxygen atoms in total. The van der Waals surface area contributed by atoms with Crippen molar-refractivity contribution in [3.05, 3.63) is 24.0 Å². The molecule has 1 aromatic carbocycles. The maximum Gasteiger partial charge on any atom is 0.147 e. The average Bonchev–Trinajstić information content (AvgIpc) is 2.35. The minimum Gasteiger partial charge on any atom is -0.396 e. The third-order valence-corrected chi connectivity index (χ3v) is 5.81. The van der Waals surface area contributed by atoms with E-state index in [1.165, 1.54) is 12.1 Å². The number of anilines is 1. The fourth-order valence-corrected chi connectivity index (χ4v) is 4.15. The standard InChI is InChI=1S/C14H20FNOS/c1-9-3-4-11(7-10(9)2)18(17)12-5-6-14(16)13(15)8-12/h5-6,8-11H,3-4,7,16H2,1-2H3. The molecule has 4 atom stereocenters. The minimum absolute atomic E-state index is 0.112. The lowest BCUT2D eigenvalue weighted by atomic mass is 9.81. The molecule has 0 heterocycles. The van der Waals surface area contributed by atoms with Crippen molar-refractivity contribution in [2.45, 2.75) is 43.3 Å². The van der Waals surface area contributed by atoms with Gasteiger partial charge < -0.3 is 5.73 Å². The summed E-state index contributed by atoms with van der Waals surface area (Å²) in [6.45, 7) is 4.45. The summed E-state index contributed by atoms with van der Waals surface area (Å²) in [5.74, 6) is 0.811. The molecule has 1 aliphatic carbocycles. The van der Waals surface area contributed by atoms with Crippen LogP contribution in [0.5, 0.6) is 0 Å². The maximum absolute atomic E-state index is 13.4. The second-order valence-corrected chi connectivity index (χ2v) is 7.10. The van der Waals surface area contributed by atoms with E-state index in [4.69, 9.17) is 5.73 Å². The van der Waals surface area contributed by atoms with Crippen molar-refractivity contribution < 1.29 is 8.60 Å². The van der Waals surface area contributed by atoms with Crippen molar-refractivity contribution in [1.82, 2.24) is 0 Å². The highest BCUT2D eigenvalue weighted by molar-refractivity contribution is 7.85. The first-order valence-electron chi connectivity index (χ1n) is 6.44. The molecular formula is C14H20FNOS. The van der Waals surface area contributed by atoms with Crippen LogP contribution in [-0.2, 0) is 10.8 Å². The first kappa shape index (κ1) is 13.5. The Kier molecular flexibility index (Phi) is 4.05. The van der Waals surface area contributed by atoms with Crippen molar-refractivity contribution in [3.63, 3.8) is 0 Å². The molecule has 1 aromatic rings. The Morgan fingerprint density at radius 1 is 1.28 bits per heavy atom. The smallest absolute Gasteiger partial charge is 0.147 e. The van der Waals surface area contributed by atoms with Gasteiger partial charge in [0.05, 0.1) is 16.5 Å². The van der Waals surface area contributed by atoms with Crippen LogP contribution in [0.2, 0.25) is 0 Å². The monoisotopic (exact) mass is 269 g/mol. The van der Waals surface area contributed by atoms with Crippen LogP contribution < -0.4 is 5.73 Å². The normalized spacial score (nSPS) is 30.1. The fraction of sp³-hybridized carbons (Fsp3) is 0.571. The molecule has 2 rings (SSSR count). The van der Waals surface area contributed by atoms with E-state index in [2.05, 4.69) is 13.8 Å². The summed E-state index contributed by atoms with van der Waals surface area (Å²) in [4.78, 5) is 0.563. The van der Waals surface area contributed by atoms with Gasteiger partial charge in [-0.15, -0.1) is 0 Å². The van der Waals surface area contributed by atoms with Crippen molar-refractivity contribution in [2.24, 2.45) is 11.8 Å². The summed E-state index contributed by atoms with van der Waals surface area (Å²) in [5.41, 5.74) is 5.55. The van der Waals surface area contributed by atoms with E-state index < -0.39 is 16.6 Å². The van der Waals surface area contributed by atoms with E-state index in [1.807, 2.05) is 0 Å². The summed E-state index contributed by atoms with van der Waals surface area (Å²) in [7, 11) is -1.12. The third-order valence-electron chi connectivity index (χ3n) is 4.06. The second-order valence-electron chi connectivity index (χ2n) is 5.37. The molecule has 4 unspecified atom stereocenters. The lowest BCUT2D eigenvalue weighted by Gasteiger charge is -2.31. The summed E-state index contributed by atoms with van der Waals surface area (Å²) >= 11 is 0. The number of benzene rings is 1. The van der Waals surface area contributed by atoms with Crippen LogP contribution in [0.3, 0.4) is 0 Å². The van der Waals surface area contributed by atoms with Crippen molar-refractivity contribution in [1.29, 1.82) is 0 Å². The highest BCUT2D eigenvalue weighted by Gasteiger charge is 2.29. The van der Waals surface area contributed by atoms with Gasteiger partial charge in [-0.3, -0.25) is 4.21 Å². The number of nitrogens with two attached hydrogens (primary N) is 1. The summed E-state index contributed by atoms with van der Waals surface area (Å²) in [6, 6.07) is 4.49. The second kappa shape index (κ2) is 5.39. The summed E-state index contributed by atoms with van der Waals surface area (Å²) in [5, 5.41) is 0.152. The Bertz CT molecular complexity index is 463. The Morgan fingerprint density at radius 3 is 2.61 bits per heavy atom. The quantitative estimate of drug-likeness (QED) is 0.837. The number of rotatable bonds is 2. The number of hydrogen-bond donors (Lipinski definition) is 1. The Labute approximate surface area is 110 Å². The molecule has 0 saturated heterocycles. The highest BCUT2D eigenvalue weighted by Crippen LogP contribution is 2.33. The van der Waals surface area contributed by atoms with Gasteiger partial charge in [0.25, 0.3) is 0 Å². The Balaban J connectivity index is 2.14. The van der Waals surface area contributed by atoms with E-state index in [9.17, 15) is 8.60 Å². The Morgan fingerprint density at radius 2 is 2.00 bits per heavy atom. The van der Waals surface area contributed by atoms with Crippen LogP contribution in [-0.4, -0.2) is 9.46 Å².